The third-order valence-corrected chi connectivity index (χ3v) is 4.70. The van der Waals surface area contributed by atoms with E-state index in [0.717, 1.165) is 11.1 Å². The number of halogens is 2. The highest BCUT2D eigenvalue weighted by Gasteiger charge is 2.27. The fourth-order valence-corrected chi connectivity index (χ4v) is 3.37. The van der Waals surface area contributed by atoms with Crippen LogP contribution in [0.2, 0.25) is 10.0 Å². The lowest BCUT2D eigenvalue weighted by Crippen LogP contribution is -2.16. The van der Waals surface area contributed by atoms with Gasteiger partial charge in [-0.3, -0.25) is 9.59 Å². The SMILES string of the molecule is Cc1cc(Cl)ccc1C(=O)CC(C(=O)O)c1c[nH]c2ccc(Cl)cc12. The van der Waals surface area contributed by atoms with E-state index in [0.29, 0.717) is 26.6 Å². The molecule has 1 atom stereocenters. The average Bonchev–Trinajstić information content (AvgIpc) is 2.94. The van der Waals surface area contributed by atoms with Gasteiger partial charge in [0.05, 0.1) is 5.92 Å². The molecule has 0 bridgehead atoms. The van der Waals surface area contributed by atoms with Crippen molar-refractivity contribution in [1.82, 2.24) is 4.98 Å². The Morgan fingerprint density at radius 2 is 1.80 bits per heavy atom. The summed E-state index contributed by atoms with van der Waals surface area (Å²) >= 11 is 11.9. The van der Waals surface area contributed by atoms with E-state index in [1.165, 1.54) is 0 Å². The van der Waals surface area contributed by atoms with Gasteiger partial charge in [-0.15, -0.1) is 0 Å². The summed E-state index contributed by atoms with van der Waals surface area (Å²) in [5.41, 5.74) is 2.53. The number of aromatic amines is 1. The van der Waals surface area contributed by atoms with Gasteiger partial charge in [0.25, 0.3) is 0 Å². The molecule has 2 aromatic carbocycles. The molecule has 2 N–H and O–H groups in total. The maximum atomic E-state index is 12.6. The van der Waals surface area contributed by atoms with Gasteiger partial charge in [0, 0.05) is 39.1 Å². The highest BCUT2D eigenvalue weighted by molar-refractivity contribution is 6.31. The highest BCUT2D eigenvalue weighted by atomic mass is 35.5. The summed E-state index contributed by atoms with van der Waals surface area (Å²) in [6.45, 7) is 1.78. The molecule has 4 nitrogen and oxygen atoms in total. The van der Waals surface area contributed by atoms with Crippen molar-refractivity contribution < 1.29 is 14.7 Å². The smallest absolute Gasteiger partial charge is 0.311 e. The third-order valence-electron chi connectivity index (χ3n) is 4.23. The number of benzene rings is 2. The number of aromatic nitrogens is 1. The average molecular weight is 376 g/mol. The van der Waals surface area contributed by atoms with Crippen LogP contribution in [0.25, 0.3) is 10.9 Å². The van der Waals surface area contributed by atoms with Gasteiger partial charge in [0.15, 0.2) is 5.78 Å². The minimum Gasteiger partial charge on any atom is -0.481 e. The normalized spacial score (nSPS) is 12.3. The third kappa shape index (κ3) is 3.55. The Bertz CT molecular complexity index is 978. The van der Waals surface area contributed by atoms with Crippen LogP contribution in [0.1, 0.15) is 33.8 Å². The largest absolute Gasteiger partial charge is 0.481 e. The van der Waals surface area contributed by atoms with Crippen molar-refractivity contribution in [2.75, 3.05) is 0 Å². The van der Waals surface area contributed by atoms with Crippen LogP contribution in [0.15, 0.2) is 42.6 Å². The Hall–Kier alpha value is -2.30. The fraction of sp³-hybridized carbons (Fsp3) is 0.158. The number of ketones is 1. The van der Waals surface area contributed by atoms with Crippen molar-refractivity contribution in [3.63, 3.8) is 0 Å². The second-order valence-corrected chi connectivity index (χ2v) is 6.78. The van der Waals surface area contributed by atoms with Crippen LogP contribution in [0.4, 0.5) is 0 Å². The van der Waals surface area contributed by atoms with Crippen LogP contribution < -0.4 is 0 Å². The molecule has 6 heteroatoms. The number of nitrogens with one attached hydrogen (secondary N) is 1. The summed E-state index contributed by atoms with van der Waals surface area (Å²) in [6, 6.07) is 10.2. The molecule has 1 aromatic heterocycles. The summed E-state index contributed by atoms with van der Waals surface area (Å²) < 4.78 is 0. The first-order chi connectivity index (χ1) is 11.9. The molecule has 0 saturated heterocycles. The molecular formula is C19H15Cl2NO3. The number of hydrogen-bond acceptors (Lipinski definition) is 2. The van der Waals surface area contributed by atoms with Gasteiger partial charge in [-0.2, -0.15) is 0 Å². The van der Waals surface area contributed by atoms with Gasteiger partial charge in [0.1, 0.15) is 0 Å². The van der Waals surface area contributed by atoms with E-state index in [9.17, 15) is 14.7 Å². The summed E-state index contributed by atoms with van der Waals surface area (Å²) in [5, 5.41) is 11.4. The van der Waals surface area contributed by atoms with Crippen molar-refractivity contribution in [2.45, 2.75) is 19.3 Å². The zero-order chi connectivity index (χ0) is 18.1. The number of rotatable bonds is 5. The first kappa shape index (κ1) is 17.5. The molecule has 0 fully saturated rings. The molecule has 3 aromatic rings. The van der Waals surface area contributed by atoms with Crippen LogP contribution >= 0.6 is 23.2 Å². The number of carbonyl (C=O) groups excluding carboxylic acids is 1. The molecule has 1 heterocycles. The van der Waals surface area contributed by atoms with Gasteiger partial charge in [0.2, 0.25) is 0 Å². The lowest BCUT2D eigenvalue weighted by molar-refractivity contribution is -0.138. The van der Waals surface area contributed by atoms with E-state index >= 15 is 0 Å². The maximum absolute atomic E-state index is 12.6. The van der Waals surface area contributed by atoms with Gasteiger partial charge >= 0.3 is 5.97 Å². The minimum atomic E-state index is -1.05. The van der Waals surface area contributed by atoms with Gasteiger partial charge in [-0.1, -0.05) is 23.2 Å². The molecule has 1 unspecified atom stereocenters. The fourth-order valence-electron chi connectivity index (χ4n) is 2.97. The molecule has 0 amide bonds. The Kier molecular flexibility index (Phi) is 4.84. The number of carboxylic acid groups (broad SMARTS) is 1. The number of carboxylic acids is 1. The first-order valence-corrected chi connectivity index (χ1v) is 8.41. The van der Waals surface area contributed by atoms with E-state index < -0.39 is 11.9 Å². The Balaban J connectivity index is 1.97. The zero-order valence-corrected chi connectivity index (χ0v) is 14.9. The van der Waals surface area contributed by atoms with E-state index in [1.807, 2.05) is 0 Å². The van der Waals surface area contributed by atoms with Crippen molar-refractivity contribution in [3.05, 3.63) is 69.3 Å². The number of H-pyrrole nitrogens is 1. The van der Waals surface area contributed by atoms with Crippen molar-refractivity contribution in [1.29, 1.82) is 0 Å². The van der Waals surface area contributed by atoms with E-state index in [4.69, 9.17) is 23.2 Å². The van der Waals surface area contributed by atoms with Gasteiger partial charge in [-0.05, 0) is 54.4 Å². The lowest BCUT2D eigenvalue weighted by atomic mass is 9.90. The van der Waals surface area contributed by atoms with Gasteiger partial charge in [-0.25, -0.2) is 0 Å². The van der Waals surface area contributed by atoms with Crippen molar-refractivity contribution in [3.8, 4) is 0 Å². The molecule has 3 rings (SSSR count). The molecule has 0 saturated carbocycles. The van der Waals surface area contributed by atoms with Crippen LogP contribution in [0.5, 0.6) is 0 Å². The topological polar surface area (TPSA) is 70.2 Å². The minimum absolute atomic E-state index is 0.142. The summed E-state index contributed by atoms with van der Waals surface area (Å²) in [7, 11) is 0. The quantitative estimate of drug-likeness (QED) is 0.600. The Morgan fingerprint density at radius 3 is 2.48 bits per heavy atom. The second-order valence-electron chi connectivity index (χ2n) is 5.91. The standard InChI is InChI=1S/C19H15Cl2NO3/c1-10-6-11(20)2-4-13(10)18(23)8-15(19(24)25)16-9-22-17-5-3-12(21)7-14(16)17/h2-7,9,15,22H,8H2,1H3,(H,24,25). The van der Waals surface area contributed by atoms with Crippen LogP contribution in [-0.4, -0.2) is 21.8 Å². The zero-order valence-electron chi connectivity index (χ0n) is 13.3. The van der Waals surface area contributed by atoms with E-state index in [1.54, 1.807) is 49.5 Å². The number of Topliss-reactive ketones (excluding diaryl/α,β-unsaturated/α-hetero) is 1. The van der Waals surface area contributed by atoms with Crippen LogP contribution in [0, 0.1) is 6.92 Å². The molecule has 0 aliphatic carbocycles. The molecule has 25 heavy (non-hydrogen) atoms. The molecule has 0 spiro atoms. The van der Waals surface area contributed by atoms with Crippen molar-refractivity contribution >= 4 is 45.9 Å². The van der Waals surface area contributed by atoms with Crippen LogP contribution in [-0.2, 0) is 4.79 Å². The number of fused-ring (bicyclic) bond motifs is 1. The summed E-state index contributed by atoms with van der Waals surface area (Å²) in [4.78, 5) is 27.5. The number of hydrogen-bond donors (Lipinski definition) is 2. The Morgan fingerprint density at radius 1 is 1.12 bits per heavy atom. The highest BCUT2D eigenvalue weighted by Crippen LogP contribution is 2.31. The van der Waals surface area contributed by atoms with Crippen LogP contribution in [0.3, 0.4) is 0 Å². The molecular weight excluding hydrogens is 361 g/mol. The maximum Gasteiger partial charge on any atom is 0.311 e. The molecule has 0 aliphatic rings. The first-order valence-electron chi connectivity index (χ1n) is 7.65. The Labute approximate surface area is 154 Å². The number of aryl methyl sites for hydroxylation is 1. The van der Waals surface area contributed by atoms with E-state index in [-0.39, 0.29) is 12.2 Å². The molecule has 0 radical (unpaired) electrons. The van der Waals surface area contributed by atoms with E-state index in [2.05, 4.69) is 4.98 Å². The summed E-state index contributed by atoms with van der Waals surface area (Å²) in [6.07, 6.45) is 1.49. The second kappa shape index (κ2) is 6.90. The lowest BCUT2D eigenvalue weighted by Gasteiger charge is -2.12. The summed E-state index contributed by atoms with van der Waals surface area (Å²) in [5.74, 6) is -2.26. The predicted molar refractivity (Wildman–Crippen MR) is 98.8 cm³/mol. The molecule has 0 aliphatic heterocycles. The predicted octanol–water partition coefficient (Wildman–Crippen LogP) is 5.22. The molecule has 128 valence electrons. The number of carbonyl (C=O) groups is 2. The van der Waals surface area contributed by atoms with Crippen molar-refractivity contribution in [2.24, 2.45) is 0 Å². The monoisotopic (exact) mass is 375 g/mol. The van der Waals surface area contributed by atoms with Gasteiger partial charge < -0.3 is 10.1 Å². The number of aliphatic carboxylic acids is 1.